The molecule has 1 heterocycles. The number of rotatable bonds is 5. The van der Waals surface area contributed by atoms with Gasteiger partial charge in [0.15, 0.2) is 0 Å². The van der Waals surface area contributed by atoms with Crippen LogP contribution in [-0.2, 0) is 0 Å². The lowest BCUT2D eigenvalue weighted by Gasteiger charge is -2.40. The van der Waals surface area contributed by atoms with E-state index in [0.717, 1.165) is 18.0 Å². The lowest BCUT2D eigenvalue weighted by molar-refractivity contribution is 0.0979. The minimum Gasteiger partial charge on any atom is -0.313 e. The second kappa shape index (κ2) is 6.75. The number of hydrogen-bond donors (Lipinski definition) is 1. The molecule has 0 amide bonds. The highest BCUT2D eigenvalue weighted by atomic mass is 15.2. The number of nitrogens with one attached hydrogen (secondary N) is 1. The van der Waals surface area contributed by atoms with E-state index in [-0.39, 0.29) is 0 Å². The first kappa shape index (κ1) is 13.4. The van der Waals surface area contributed by atoms with Gasteiger partial charge in [0.1, 0.15) is 0 Å². The standard InChI is InChI=1S/C15H30N2/c1-3-13-8-5-6-10-15(13)17(4-2)12-14-9-7-11-16-14/h13-16H,3-12H2,1-2H3. The van der Waals surface area contributed by atoms with Gasteiger partial charge in [0.05, 0.1) is 0 Å². The largest absolute Gasteiger partial charge is 0.313 e. The highest BCUT2D eigenvalue weighted by Gasteiger charge is 2.29. The van der Waals surface area contributed by atoms with Crippen molar-refractivity contribution < 1.29 is 0 Å². The van der Waals surface area contributed by atoms with Gasteiger partial charge in [-0.05, 0) is 44.7 Å². The van der Waals surface area contributed by atoms with Crippen LogP contribution in [0.3, 0.4) is 0 Å². The van der Waals surface area contributed by atoms with Gasteiger partial charge in [-0.3, -0.25) is 4.90 Å². The zero-order valence-electron chi connectivity index (χ0n) is 11.8. The second-order valence-electron chi connectivity index (χ2n) is 5.90. The summed E-state index contributed by atoms with van der Waals surface area (Å²) in [5, 5.41) is 3.65. The van der Waals surface area contributed by atoms with Crippen LogP contribution >= 0.6 is 0 Å². The molecule has 2 aliphatic rings. The Morgan fingerprint density at radius 1 is 1.06 bits per heavy atom. The Morgan fingerprint density at radius 3 is 2.53 bits per heavy atom. The fourth-order valence-electron chi connectivity index (χ4n) is 3.84. The Balaban J connectivity index is 1.90. The third-order valence-electron chi connectivity index (χ3n) is 4.89. The van der Waals surface area contributed by atoms with Crippen LogP contribution in [0.2, 0.25) is 0 Å². The first-order valence-electron chi connectivity index (χ1n) is 7.82. The van der Waals surface area contributed by atoms with Gasteiger partial charge in [-0.1, -0.05) is 33.1 Å². The second-order valence-corrected chi connectivity index (χ2v) is 5.90. The van der Waals surface area contributed by atoms with Gasteiger partial charge < -0.3 is 5.32 Å². The summed E-state index contributed by atoms with van der Waals surface area (Å²) in [4.78, 5) is 2.77. The molecule has 0 bridgehead atoms. The van der Waals surface area contributed by atoms with Crippen molar-refractivity contribution in [1.82, 2.24) is 10.2 Å². The van der Waals surface area contributed by atoms with E-state index in [1.54, 1.807) is 0 Å². The maximum absolute atomic E-state index is 3.65. The highest BCUT2D eigenvalue weighted by Crippen LogP contribution is 2.31. The summed E-state index contributed by atoms with van der Waals surface area (Å²) >= 11 is 0. The zero-order valence-corrected chi connectivity index (χ0v) is 11.8. The van der Waals surface area contributed by atoms with Crippen LogP contribution in [0.25, 0.3) is 0 Å². The molecule has 2 rings (SSSR count). The van der Waals surface area contributed by atoms with Gasteiger partial charge in [0.2, 0.25) is 0 Å². The molecule has 3 atom stereocenters. The molecule has 100 valence electrons. The molecule has 0 spiro atoms. The van der Waals surface area contributed by atoms with Gasteiger partial charge in [-0.25, -0.2) is 0 Å². The van der Waals surface area contributed by atoms with E-state index in [1.165, 1.54) is 64.6 Å². The smallest absolute Gasteiger partial charge is 0.0195 e. The molecule has 1 aliphatic carbocycles. The topological polar surface area (TPSA) is 15.3 Å². The number of likely N-dealkylation sites (N-methyl/N-ethyl adjacent to an activating group) is 1. The summed E-state index contributed by atoms with van der Waals surface area (Å²) in [7, 11) is 0. The maximum Gasteiger partial charge on any atom is 0.0195 e. The average Bonchev–Trinajstić information content (AvgIpc) is 2.89. The number of nitrogens with zero attached hydrogens (tertiary/aromatic N) is 1. The zero-order chi connectivity index (χ0) is 12.1. The monoisotopic (exact) mass is 238 g/mol. The Bertz CT molecular complexity index is 211. The average molecular weight is 238 g/mol. The van der Waals surface area contributed by atoms with Crippen molar-refractivity contribution in [1.29, 1.82) is 0 Å². The van der Waals surface area contributed by atoms with Crippen molar-refractivity contribution in [3.05, 3.63) is 0 Å². The summed E-state index contributed by atoms with van der Waals surface area (Å²) in [6.45, 7) is 8.49. The molecule has 2 heteroatoms. The molecule has 0 aromatic heterocycles. The molecule has 2 fully saturated rings. The lowest BCUT2D eigenvalue weighted by atomic mass is 9.81. The first-order chi connectivity index (χ1) is 8.35. The Labute approximate surface area is 107 Å². The van der Waals surface area contributed by atoms with Crippen LogP contribution in [-0.4, -0.2) is 36.6 Å². The SMILES string of the molecule is CCC1CCCCC1N(CC)CC1CCCN1. The van der Waals surface area contributed by atoms with Crippen LogP contribution in [0.5, 0.6) is 0 Å². The van der Waals surface area contributed by atoms with Gasteiger partial charge in [0, 0.05) is 18.6 Å². The molecule has 1 aliphatic heterocycles. The molecule has 1 saturated carbocycles. The molecule has 0 radical (unpaired) electrons. The van der Waals surface area contributed by atoms with Gasteiger partial charge in [-0.2, -0.15) is 0 Å². The van der Waals surface area contributed by atoms with Crippen molar-refractivity contribution in [3.8, 4) is 0 Å². The molecule has 1 N–H and O–H groups in total. The van der Waals surface area contributed by atoms with E-state index < -0.39 is 0 Å². The van der Waals surface area contributed by atoms with Crippen molar-refractivity contribution in [2.24, 2.45) is 5.92 Å². The van der Waals surface area contributed by atoms with Gasteiger partial charge >= 0.3 is 0 Å². The van der Waals surface area contributed by atoms with Crippen molar-refractivity contribution in [2.45, 2.75) is 70.9 Å². The number of hydrogen-bond acceptors (Lipinski definition) is 2. The van der Waals surface area contributed by atoms with Crippen molar-refractivity contribution >= 4 is 0 Å². The molecule has 17 heavy (non-hydrogen) atoms. The maximum atomic E-state index is 3.65. The minimum absolute atomic E-state index is 0.773. The van der Waals surface area contributed by atoms with Crippen LogP contribution in [0.1, 0.15) is 58.8 Å². The summed E-state index contributed by atoms with van der Waals surface area (Å²) in [6, 6.07) is 1.65. The Hall–Kier alpha value is -0.0800. The molecule has 0 aromatic rings. The summed E-state index contributed by atoms with van der Waals surface area (Å²) in [5.74, 6) is 0.963. The highest BCUT2D eigenvalue weighted by molar-refractivity contribution is 4.86. The van der Waals surface area contributed by atoms with Gasteiger partial charge in [-0.15, -0.1) is 0 Å². The predicted molar refractivity (Wildman–Crippen MR) is 74.3 cm³/mol. The fraction of sp³-hybridized carbons (Fsp3) is 1.00. The summed E-state index contributed by atoms with van der Waals surface area (Å²) in [6.07, 6.45) is 9.97. The minimum atomic E-state index is 0.773. The molecular formula is C15H30N2. The molecule has 3 unspecified atom stereocenters. The Morgan fingerprint density at radius 2 is 1.88 bits per heavy atom. The van der Waals surface area contributed by atoms with Crippen LogP contribution in [0.15, 0.2) is 0 Å². The van der Waals surface area contributed by atoms with E-state index in [0.29, 0.717) is 0 Å². The van der Waals surface area contributed by atoms with Gasteiger partial charge in [0.25, 0.3) is 0 Å². The third-order valence-corrected chi connectivity index (χ3v) is 4.89. The summed E-state index contributed by atoms with van der Waals surface area (Å²) in [5.41, 5.74) is 0. The predicted octanol–water partition coefficient (Wildman–Crippen LogP) is 3.03. The van der Waals surface area contributed by atoms with E-state index in [9.17, 15) is 0 Å². The summed E-state index contributed by atoms with van der Waals surface area (Å²) < 4.78 is 0. The third kappa shape index (κ3) is 3.45. The van der Waals surface area contributed by atoms with Crippen molar-refractivity contribution in [2.75, 3.05) is 19.6 Å². The normalized spacial score (nSPS) is 34.4. The van der Waals surface area contributed by atoms with Crippen LogP contribution < -0.4 is 5.32 Å². The van der Waals surface area contributed by atoms with Crippen LogP contribution in [0.4, 0.5) is 0 Å². The van der Waals surface area contributed by atoms with E-state index in [1.807, 2.05) is 0 Å². The van der Waals surface area contributed by atoms with E-state index in [4.69, 9.17) is 0 Å². The Kier molecular flexibility index (Phi) is 5.30. The van der Waals surface area contributed by atoms with Crippen LogP contribution in [0, 0.1) is 5.92 Å². The fourth-order valence-corrected chi connectivity index (χ4v) is 3.84. The quantitative estimate of drug-likeness (QED) is 0.792. The lowest BCUT2D eigenvalue weighted by Crippen LogP contribution is -2.47. The van der Waals surface area contributed by atoms with E-state index in [2.05, 4.69) is 24.1 Å². The molecular weight excluding hydrogens is 208 g/mol. The van der Waals surface area contributed by atoms with Crippen molar-refractivity contribution in [3.63, 3.8) is 0 Å². The first-order valence-corrected chi connectivity index (χ1v) is 7.82. The molecule has 1 saturated heterocycles. The molecule has 2 nitrogen and oxygen atoms in total. The van der Waals surface area contributed by atoms with E-state index >= 15 is 0 Å². The molecule has 0 aromatic carbocycles.